The number of nitrogens with one attached hydrogen (secondary N) is 1. The fourth-order valence-corrected chi connectivity index (χ4v) is 2.06. The largest absolute Gasteiger partial charge is 0.460 e. The molecule has 2 rings (SSSR count). The van der Waals surface area contributed by atoms with Gasteiger partial charge in [-0.05, 0) is 32.8 Å². The molecule has 108 valence electrons. The van der Waals surface area contributed by atoms with Crippen LogP contribution in [-0.2, 0) is 16.0 Å². The Balaban J connectivity index is 1.86. The number of carbonyl (C=O) groups excluding carboxylic acids is 1. The number of esters is 1. The Labute approximate surface area is 120 Å². The summed E-state index contributed by atoms with van der Waals surface area (Å²) in [5.74, 6) is 0.812. The van der Waals surface area contributed by atoms with Gasteiger partial charge in [-0.15, -0.1) is 0 Å². The van der Waals surface area contributed by atoms with Crippen LogP contribution in [0.1, 0.15) is 38.3 Å². The highest BCUT2D eigenvalue weighted by Crippen LogP contribution is 2.12. The third-order valence-corrected chi connectivity index (χ3v) is 2.94. The molecular formula is C16H22N2O2. The van der Waals surface area contributed by atoms with E-state index in [0.29, 0.717) is 12.8 Å². The Morgan fingerprint density at radius 2 is 2.00 bits per heavy atom. The third kappa shape index (κ3) is 4.37. The van der Waals surface area contributed by atoms with E-state index in [-0.39, 0.29) is 5.97 Å². The molecule has 0 aliphatic carbocycles. The second kappa shape index (κ2) is 6.07. The molecule has 0 saturated heterocycles. The van der Waals surface area contributed by atoms with Gasteiger partial charge < -0.3 is 10.1 Å². The van der Waals surface area contributed by atoms with Crippen molar-refractivity contribution in [3.8, 4) is 0 Å². The summed E-state index contributed by atoms with van der Waals surface area (Å²) in [6.45, 7) is 7.41. The fourth-order valence-electron chi connectivity index (χ4n) is 2.06. The summed E-state index contributed by atoms with van der Waals surface area (Å²) in [5, 5.41) is 3.24. The highest BCUT2D eigenvalue weighted by Gasteiger charge is 2.16. The molecule has 1 aromatic carbocycles. The van der Waals surface area contributed by atoms with Gasteiger partial charge in [-0.25, -0.2) is 0 Å². The van der Waals surface area contributed by atoms with Gasteiger partial charge in [0.2, 0.25) is 0 Å². The monoisotopic (exact) mass is 274 g/mol. The molecule has 0 unspecified atom stereocenters. The average Bonchev–Trinajstić information content (AvgIpc) is 2.89. The Hall–Kier alpha value is -1.84. The van der Waals surface area contributed by atoms with Gasteiger partial charge in [0.25, 0.3) is 0 Å². The zero-order valence-electron chi connectivity index (χ0n) is 12.4. The molecule has 0 saturated carbocycles. The van der Waals surface area contributed by atoms with Crippen LogP contribution in [0.25, 0.3) is 0 Å². The SMILES string of the molecule is CC(C)(C)OC(=O)CCc1ccc(C2=NCCN2)cc1. The minimum absolute atomic E-state index is 0.150. The number of nitrogens with zero attached hydrogens (tertiary/aromatic N) is 1. The summed E-state index contributed by atoms with van der Waals surface area (Å²) in [5.41, 5.74) is 1.83. The van der Waals surface area contributed by atoms with Gasteiger partial charge in [-0.3, -0.25) is 9.79 Å². The van der Waals surface area contributed by atoms with Crippen molar-refractivity contribution in [3.05, 3.63) is 35.4 Å². The Morgan fingerprint density at radius 3 is 2.55 bits per heavy atom. The minimum Gasteiger partial charge on any atom is -0.460 e. The first-order chi connectivity index (χ1) is 9.44. The van der Waals surface area contributed by atoms with Gasteiger partial charge in [-0.1, -0.05) is 24.3 Å². The Bertz CT molecular complexity index is 498. The first-order valence-electron chi connectivity index (χ1n) is 7.03. The molecule has 1 aliphatic heterocycles. The van der Waals surface area contributed by atoms with Gasteiger partial charge in [-0.2, -0.15) is 0 Å². The van der Waals surface area contributed by atoms with Crippen LogP contribution in [-0.4, -0.2) is 30.5 Å². The molecule has 0 radical (unpaired) electrons. The highest BCUT2D eigenvalue weighted by atomic mass is 16.6. The first-order valence-corrected chi connectivity index (χ1v) is 7.03. The highest BCUT2D eigenvalue weighted by molar-refractivity contribution is 5.99. The van der Waals surface area contributed by atoms with Crippen molar-refractivity contribution in [1.29, 1.82) is 0 Å². The molecule has 1 N–H and O–H groups in total. The van der Waals surface area contributed by atoms with E-state index in [1.165, 1.54) is 0 Å². The summed E-state index contributed by atoms with van der Waals surface area (Å²) < 4.78 is 5.30. The zero-order chi connectivity index (χ0) is 14.6. The van der Waals surface area contributed by atoms with E-state index in [9.17, 15) is 4.79 Å². The molecule has 1 heterocycles. The lowest BCUT2D eigenvalue weighted by Crippen LogP contribution is -2.24. The van der Waals surface area contributed by atoms with Crippen molar-refractivity contribution in [3.63, 3.8) is 0 Å². The molecule has 4 nitrogen and oxygen atoms in total. The molecule has 4 heteroatoms. The van der Waals surface area contributed by atoms with Crippen molar-refractivity contribution >= 4 is 11.8 Å². The summed E-state index contributed by atoms with van der Waals surface area (Å²) in [7, 11) is 0. The Morgan fingerprint density at radius 1 is 1.30 bits per heavy atom. The topological polar surface area (TPSA) is 50.7 Å². The second-order valence-electron chi connectivity index (χ2n) is 5.94. The van der Waals surface area contributed by atoms with E-state index in [1.807, 2.05) is 45.0 Å². The second-order valence-corrected chi connectivity index (χ2v) is 5.94. The number of aryl methyl sites for hydroxylation is 1. The molecule has 0 spiro atoms. The number of amidine groups is 1. The number of benzene rings is 1. The van der Waals surface area contributed by atoms with E-state index < -0.39 is 5.60 Å². The number of aliphatic imine (C=N–C) groups is 1. The van der Waals surface area contributed by atoms with Gasteiger partial charge in [0, 0.05) is 18.5 Å². The fraction of sp³-hybridized carbons (Fsp3) is 0.500. The molecular weight excluding hydrogens is 252 g/mol. The van der Waals surface area contributed by atoms with Crippen molar-refractivity contribution in [2.24, 2.45) is 4.99 Å². The van der Waals surface area contributed by atoms with Crippen molar-refractivity contribution in [2.45, 2.75) is 39.2 Å². The molecule has 20 heavy (non-hydrogen) atoms. The predicted molar refractivity (Wildman–Crippen MR) is 80.0 cm³/mol. The molecule has 1 aromatic rings. The van der Waals surface area contributed by atoms with Crippen LogP contribution in [0.15, 0.2) is 29.3 Å². The normalized spacial score (nSPS) is 14.7. The molecule has 0 atom stereocenters. The van der Waals surface area contributed by atoms with Crippen molar-refractivity contribution in [2.75, 3.05) is 13.1 Å². The van der Waals surface area contributed by atoms with E-state index in [1.54, 1.807) is 0 Å². The van der Waals surface area contributed by atoms with Crippen LogP contribution in [0, 0.1) is 0 Å². The van der Waals surface area contributed by atoms with Crippen molar-refractivity contribution < 1.29 is 9.53 Å². The van der Waals surface area contributed by atoms with E-state index in [2.05, 4.69) is 10.3 Å². The number of ether oxygens (including phenoxy) is 1. The van der Waals surface area contributed by atoms with Crippen LogP contribution in [0.4, 0.5) is 0 Å². The lowest BCUT2D eigenvalue weighted by molar-refractivity contribution is -0.154. The number of hydrogen-bond acceptors (Lipinski definition) is 4. The van der Waals surface area contributed by atoms with E-state index >= 15 is 0 Å². The van der Waals surface area contributed by atoms with Crippen molar-refractivity contribution in [1.82, 2.24) is 5.32 Å². The van der Waals surface area contributed by atoms with Crippen LogP contribution >= 0.6 is 0 Å². The average molecular weight is 274 g/mol. The van der Waals surface area contributed by atoms with E-state index in [0.717, 1.165) is 30.1 Å². The maximum Gasteiger partial charge on any atom is 0.306 e. The van der Waals surface area contributed by atoms with Crippen LogP contribution in [0.5, 0.6) is 0 Å². The number of hydrogen-bond donors (Lipinski definition) is 1. The van der Waals surface area contributed by atoms with Crippen LogP contribution in [0.2, 0.25) is 0 Å². The van der Waals surface area contributed by atoms with Gasteiger partial charge in [0.1, 0.15) is 11.4 Å². The van der Waals surface area contributed by atoms with Gasteiger partial charge in [0.05, 0.1) is 6.54 Å². The summed E-state index contributed by atoms with van der Waals surface area (Å²) in [6, 6.07) is 8.17. The molecule has 0 aromatic heterocycles. The molecule has 0 fully saturated rings. The first kappa shape index (κ1) is 14.6. The molecule has 0 amide bonds. The Kier molecular flexibility index (Phi) is 4.42. The quantitative estimate of drug-likeness (QED) is 0.857. The zero-order valence-corrected chi connectivity index (χ0v) is 12.4. The summed E-state index contributed by atoms with van der Waals surface area (Å²) >= 11 is 0. The van der Waals surface area contributed by atoms with E-state index in [4.69, 9.17) is 4.74 Å². The maximum atomic E-state index is 11.7. The molecule has 0 bridgehead atoms. The molecule has 1 aliphatic rings. The standard InChI is InChI=1S/C16H22N2O2/c1-16(2,3)20-14(19)9-6-12-4-7-13(8-5-12)15-17-10-11-18-15/h4-5,7-8H,6,9-11H2,1-3H3,(H,17,18). The lowest BCUT2D eigenvalue weighted by atomic mass is 10.1. The third-order valence-electron chi connectivity index (χ3n) is 2.94. The minimum atomic E-state index is -0.409. The maximum absolute atomic E-state index is 11.7. The summed E-state index contributed by atoms with van der Waals surface area (Å²) in [6.07, 6.45) is 1.12. The van der Waals surface area contributed by atoms with Crippen LogP contribution in [0.3, 0.4) is 0 Å². The van der Waals surface area contributed by atoms with Gasteiger partial charge >= 0.3 is 5.97 Å². The van der Waals surface area contributed by atoms with Crippen LogP contribution < -0.4 is 5.32 Å². The smallest absolute Gasteiger partial charge is 0.306 e. The predicted octanol–water partition coefficient (Wildman–Crippen LogP) is 2.31. The van der Waals surface area contributed by atoms with Gasteiger partial charge in [0.15, 0.2) is 0 Å². The lowest BCUT2D eigenvalue weighted by Gasteiger charge is -2.19. The summed E-state index contributed by atoms with van der Waals surface area (Å²) in [4.78, 5) is 16.0. The number of rotatable bonds is 4. The number of carbonyl (C=O) groups is 1.